The molecule has 0 saturated carbocycles. The van der Waals surface area contributed by atoms with E-state index in [0.29, 0.717) is 6.61 Å². The van der Waals surface area contributed by atoms with Crippen LogP contribution in [0.2, 0.25) is 0 Å². The van der Waals surface area contributed by atoms with Crippen LogP contribution in [0.4, 0.5) is 0 Å². The Kier molecular flexibility index (Phi) is 5.31. The zero-order chi connectivity index (χ0) is 13.6. The third kappa shape index (κ3) is 5.29. The van der Waals surface area contributed by atoms with Crippen LogP contribution in [-0.4, -0.2) is 17.1 Å². The average molecular weight is 251 g/mol. The summed E-state index contributed by atoms with van der Waals surface area (Å²) in [7, 11) is 0. The molecule has 18 heavy (non-hydrogen) atoms. The summed E-state index contributed by atoms with van der Waals surface area (Å²) in [5.41, 5.74) is 3.01. The minimum atomic E-state index is -0.683. The highest BCUT2D eigenvalue weighted by Gasteiger charge is 2.24. The van der Waals surface area contributed by atoms with Crippen LogP contribution in [0.1, 0.15) is 32.8 Å². The summed E-state index contributed by atoms with van der Waals surface area (Å²) in [4.78, 5) is 16.6. The Bertz CT molecular complexity index is 370. The van der Waals surface area contributed by atoms with Crippen LogP contribution in [0.15, 0.2) is 30.3 Å². The average Bonchev–Trinajstić information content (AvgIpc) is 2.29. The van der Waals surface area contributed by atoms with Gasteiger partial charge in [-0.1, -0.05) is 51.1 Å². The van der Waals surface area contributed by atoms with E-state index in [0.717, 1.165) is 5.56 Å². The van der Waals surface area contributed by atoms with E-state index in [1.54, 1.807) is 0 Å². The molecule has 100 valence electrons. The predicted molar refractivity (Wildman–Crippen MR) is 69.5 cm³/mol. The molecule has 1 unspecified atom stereocenters. The van der Waals surface area contributed by atoms with Crippen molar-refractivity contribution in [3.63, 3.8) is 0 Å². The van der Waals surface area contributed by atoms with Crippen LogP contribution in [0.25, 0.3) is 0 Å². The van der Waals surface area contributed by atoms with Crippen molar-refractivity contribution in [1.29, 1.82) is 0 Å². The summed E-state index contributed by atoms with van der Waals surface area (Å²) in [6.45, 7) is 5.97. The molecule has 1 aromatic rings. The predicted octanol–water partition coefficient (Wildman–Crippen LogP) is 2.03. The number of benzene rings is 1. The molecule has 4 heteroatoms. The summed E-state index contributed by atoms with van der Waals surface area (Å²) in [6, 6.07) is 9.56. The Morgan fingerprint density at radius 3 is 2.50 bits per heavy atom. The number of hydrogen-bond donors (Lipinski definition) is 2. The lowest BCUT2D eigenvalue weighted by atomic mass is 9.87. The maximum atomic E-state index is 11.5. The van der Waals surface area contributed by atoms with Crippen molar-refractivity contribution in [2.75, 3.05) is 0 Å². The minimum absolute atomic E-state index is 0.0400. The van der Waals surface area contributed by atoms with E-state index in [4.69, 9.17) is 4.84 Å². The van der Waals surface area contributed by atoms with Gasteiger partial charge in [-0.2, -0.15) is 0 Å². The molecule has 1 amide bonds. The lowest BCUT2D eigenvalue weighted by molar-refractivity contribution is -0.138. The molecule has 4 nitrogen and oxygen atoms in total. The van der Waals surface area contributed by atoms with Crippen molar-refractivity contribution >= 4 is 5.91 Å². The second-order valence-corrected chi connectivity index (χ2v) is 5.39. The molecule has 0 spiro atoms. The maximum absolute atomic E-state index is 11.5. The van der Waals surface area contributed by atoms with Gasteiger partial charge in [-0.25, -0.2) is 5.48 Å². The molecule has 2 N–H and O–H groups in total. The largest absolute Gasteiger partial charge is 0.392 e. The van der Waals surface area contributed by atoms with Gasteiger partial charge in [0.05, 0.1) is 19.1 Å². The number of nitrogens with one attached hydrogen (secondary N) is 1. The van der Waals surface area contributed by atoms with E-state index in [1.807, 2.05) is 51.1 Å². The van der Waals surface area contributed by atoms with Crippen LogP contribution < -0.4 is 5.48 Å². The van der Waals surface area contributed by atoms with Crippen molar-refractivity contribution in [3.8, 4) is 0 Å². The van der Waals surface area contributed by atoms with Crippen molar-refractivity contribution in [2.24, 2.45) is 5.41 Å². The van der Waals surface area contributed by atoms with Crippen molar-refractivity contribution in [1.82, 2.24) is 5.48 Å². The van der Waals surface area contributed by atoms with Gasteiger partial charge in [-0.15, -0.1) is 0 Å². The van der Waals surface area contributed by atoms with Crippen LogP contribution in [0.3, 0.4) is 0 Å². The van der Waals surface area contributed by atoms with E-state index >= 15 is 0 Å². The van der Waals surface area contributed by atoms with Crippen LogP contribution in [0.5, 0.6) is 0 Å². The third-order valence-electron chi connectivity index (χ3n) is 2.65. The summed E-state index contributed by atoms with van der Waals surface area (Å²) in [5, 5.41) is 9.76. The van der Waals surface area contributed by atoms with Crippen molar-refractivity contribution < 1.29 is 14.7 Å². The minimum Gasteiger partial charge on any atom is -0.392 e. The number of carbonyl (C=O) groups excluding carboxylic acids is 1. The lowest BCUT2D eigenvalue weighted by Gasteiger charge is -2.25. The molecule has 0 bridgehead atoms. The van der Waals surface area contributed by atoms with Crippen molar-refractivity contribution in [2.45, 2.75) is 39.9 Å². The van der Waals surface area contributed by atoms with Gasteiger partial charge in [-0.05, 0) is 11.0 Å². The van der Waals surface area contributed by atoms with Crippen LogP contribution in [0, 0.1) is 5.41 Å². The van der Waals surface area contributed by atoms with Crippen LogP contribution >= 0.6 is 0 Å². The van der Waals surface area contributed by atoms with Crippen molar-refractivity contribution in [3.05, 3.63) is 35.9 Å². The van der Waals surface area contributed by atoms with Gasteiger partial charge in [0.25, 0.3) is 0 Å². The summed E-state index contributed by atoms with van der Waals surface area (Å²) in [6.07, 6.45) is -0.643. The Balaban J connectivity index is 2.26. The fourth-order valence-corrected chi connectivity index (χ4v) is 1.30. The quantitative estimate of drug-likeness (QED) is 0.787. The maximum Gasteiger partial charge on any atom is 0.246 e. The molecule has 1 atom stereocenters. The summed E-state index contributed by atoms with van der Waals surface area (Å²) >= 11 is 0. The first-order valence-electron chi connectivity index (χ1n) is 6.02. The molecule has 0 radical (unpaired) electrons. The monoisotopic (exact) mass is 251 g/mol. The van der Waals surface area contributed by atoms with Gasteiger partial charge < -0.3 is 5.11 Å². The smallest absolute Gasteiger partial charge is 0.246 e. The number of amides is 1. The Morgan fingerprint density at radius 2 is 1.94 bits per heavy atom. The Hall–Kier alpha value is -1.39. The fourth-order valence-electron chi connectivity index (χ4n) is 1.30. The summed E-state index contributed by atoms with van der Waals surface area (Å²) < 4.78 is 0. The lowest BCUT2D eigenvalue weighted by Crippen LogP contribution is -2.34. The SMILES string of the molecule is CC(C)(C)C(O)CC(=O)NOCc1ccccc1. The number of carbonyl (C=O) groups is 1. The molecule has 1 rings (SSSR count). The van der Waals surface area contributed by atoms with Gasteiger partial charge in [0.2, 0.25) is 5.91 Å². The third-order valence-corrected chi connectivity index (χ3v) is 2.65. The number of hydrogen-bond acceptors (Lipinski definition) is 3. The van der Waals surface area contributed by atoms with E-state index in [1.165, 1.54) is 0 Å². The molecular formula is C14H21NO3. The first-order valence-corrected chi connectivity index (χ1v) is 6.02. The highest BCUT2D eigenvalue weighted by molar-refractivity contribution is 5.75. The molecule has 0 aromatic heterocycles. The first kappa shape index (κ1) is 14.7. The zero-order valence-electron chi connectivity index (χ0n) is 11.1. The van der Waals surface area contributed by atoms with E-state index in [-0.39, 0.29) is 17.7 Å². The van der Waals surface area contributed by atoms with Gasteiger partial charge in [0.1, 0.15) is 0 Å². The molecule has 0 aliphatic heterocycles. The molecular weight excluding hydrogens is 230 g/mol. The second-order valence-electron chi connectivity index (χ2n) is 5.39. The van der Waals surface area contributed by atoms with Gasteiger partial charge in [0, 0.05) is 0 Å². The number of hydroxylamine groups is 1. The topological polar surface area (TPSA) is 58.6 Å². The molecule has 0 heterocycles. The van der Waals surface area contributed by atoms with E-state index in [9.17, 15) is 9.90 Å². The highest BCUT2D eigenvalue weighted by Crippen LogP contribution is 2.21. The molecule has 1 aromatic carbocycles. The normalized spacial score (nSPS) is 13.1. The highest BCUT2D eigenvalue weighted by atomic mass is 16.6. The summed E-state index contributed by atoms with van der Waals surface area (Å²) in [5.74, 6) is -0.312. The van der Waals surface area contributed by atoms with E-state index in [2.05, 4.69) is 5.48 Å². The van der Waals surface area contributed by atoms with E-state index < -0.39 is 6.10 Å². The van der Waals surface area contributed by atoms with Gasteiger partial charge >= 0.3 is 0 Å². The number of aliphatic hydroxyl groups is 1. The first-order chi connectivity index (χ1) is 8.39. The number of aliphatic hydroxyl groups excluding tert-OH is 1. The Morgan fingerprint density at radius 1 is 1.33 bits per heavy atom. The standard InChI is InChI=1S/C14H21NO3/c1-14(2,3)12(16)9-13(17)15-18-10-11-7-5-4-6-8-11/h4-8,12,16H,9-10H2,1-3H3,(H,15,17). The second kappa shape index (κ2) is 6.52. The zero-order valence-corrected chi connectivity index (χ0v) is 11.1. The molecule has 0 saturated heterocycles. The van der Waals surface area contributed by atoms with Gasteiger partial charge in [0.15, 0.2) is 0 Å². The van der Waals surface area contributed by atoms with Crippen LogP contribution in [-0.2, 0) is 16.2 Å². The Labute approximate surface area is 108 Å². The molecule has 0 aliphatic rings. The fraction of sp³-hybridized carbons (Fsp3) is 0.500. The molecule has 0 aliphatic carbocycles. The van der Waals surface area contributed by atoms with Gasteiger partial charge in [-0.3, -0.25) is 9.63 Å². The number of rotatable bonds is 5. The molecule has 0 fully saturated rings.